The van der Waals surface area contributed by atoms with E-state index >= 15 is 0 Å². The zero-order valence-electron chi connectivity index (χ0n) is 12.1. The number of aryl methyl sites for hydroxylation is 1. The fourth-order valence-electron chi connectivity index (χ4n) is 2.35. The van der Waals surface area contributed by atoms with Crippen molar-refractivity contribution in [3.05, 3.63) is 23.9 Å². The summed E-state index contributed by atoms with van der Waals surface area (Å²) >= 11 is 0. The Bertz CT molecular complexity index is 617. The fraction of sp³-hybridized carbons (Fsp3) is 0.500. The van der Waals surface area contributed by atoms with Gasteiger partial charge in [-0.1, -0.05) is 5.56 Å². The molecule has 19 heavy (non-hydrogen) atoms. The van der Waals surface area contributed by atoms with Gasteiger partial charge in [-0.05, 0) is 52.2 Å². The molecule has 1 N–H and O–H groups in total. The topological polar surface area (TPSA) is 47.1 Å². The maximum absolute atomic E-state index is 6.10. The minimum atomic E-state index is -0.322. The molecule has 5 heteroatoms. The van der Waals surface area contributed by atoms with E-state index in [0.29, 0.717) is 0 Å². The summed E-state index contributed by atoms with van der Waals surface area (Å²) in [5, 5.41) is 8.16. The number of benzene rings is 1. The molecular formula is C14H19BN2O2. The summed E-state index contributed by atoms with van der Waals surface area (Å²) in [6.07, 6.45) is 1.83. The third kappa shape index (κ3) is 1.88. The van der Waals surface area contributed by atoms with E-state index in [4.69, 9.17) is 9.31 Å². The normalized spacial score (nSPS) is 21.2. The summed E-state index contributed by atoms with van der Waals surface area (Å²) in [6, 6.07) is 4.18. The molecule has 1 aliphatic rings. The molecule has 0 bridgehead atoms. The predicted molar refractivity (Wildman–Crippen MR) is 76.5 cm³/mol. The van der Waals surface area contributed by atoms with Crippen molar-refractivity contribution >= 4 is 23.5 Å². The second-order valence-electron chi connectivity index (χ2n) is 6.25. The number of rotatable bonds is 1. The van der Waals surface area contributed by atoms with Gasteiger partial charge in [0, 0.05) is 5.39 Å². The molecule has 4 nitrogen and oxygen atoms in total. The van der Waals surface area contributed by atoms with Gasteiger partial charge in [0.05, 0.1) is 22.9 Å². The number of hydrogen-bond acceptors (Lipinski definition) is 3. The number of aromatic amines is 1. The average molecular weight is 258 g/mol. The van der Waals surface area contributed by atoms with Gasteiger partial charge in [-0.2, -0.15) is 5.10 Å². The summed E-state index contributed by atoms with van der Waals surface area (Å²) in [5.74, 6) is 0. The van der Waals surface area contributed by atoms with Crippen LogP contribution >= 0.6 is 0 Å². The van der Waals surface area contributed by atoms with Crippen LogP contribution in [0.5, 0.6) is 0 Å². The number of hydrogen-bond donors (Lipinski definition) is 1. The average Bonchev–Trinajstić information content (AvgIpc) is 2.80. The Hall–Kier alpha value is -1.33. The van der Waals surface area contributed by atoms with Crippen molar-refractivity contribution in [3.63, 3.8) is 0 Å². The lowest BCUT2D eigenvalue weighted by atomic mass is 9.76. The molecule has 0 amide bonds. The van der Waals surface area contributed by atoms with Crippen molar-refractivity contribution in [1.29, 1.82) is 0 Å². The third-order valence-electron chi connectivity index (χ3n) is 4.33. The zero-order chi connectivity index (χ0) is 13.8. The summed E-state index contributed by atoms with van der Waals surface area (Å²) in [6.45, 7) is 10.3. The molecule has 0 unspecified atom stereocenters. The van der Waals surface area contributed by atoms with Crippen molar-refractivity contribution in [1.82, 2.24) is 10.2 Å². The molecule has 100 valence electrons. The molecule has 1 aromatic heterocycles. The maximum atomic E-state index is 6.10. The Balaban J connectivity index is 2.04. The molecule has 1 aliphatic heterocycles. The van der Waals surface area contributed by atoms with E-state index in [2.05, 4.69) is 56.9 Å². The first-order valence-electron chi connectivity index (χ1n) is 6.59. The first-order valence-corrected chi connectivity index (χ1v) is 6.59. The molecule has 2 heterocycles. The largest absolute Gasteiger partial charge is 0.495 e. The standard InChI is InChI=1S/C14H19BN2O2/c1-9-6-10-8-16-17-12(10)7-11(9)15-18-13(2,3)14(4,5)19-15/h6-8H,1-5H3,(H,16,17). The highest BCUT2D eigenvalue weighted by Crippen LogP contribution is 2.36. The van der Waals surface area contributed by atoms with Crippen LogP contribution in [-0.2, 0) is 9.31 Å². The van der Waals surface area contributed by atoms with E-state index in [-0.39, 0.29) is 18.3 Å². The van der Waals surface area contributed by atoms with Crippen LogP contribution in [0.25, 0.3) is 10.9 Å². The van der Waals surface area contributed by atoms with Gasteiger partial charge in [-0.25, -0.2) is 0 Å². The molecule has 0 saturated carbocycles. The van der Waals surface area contributed by atoms with Crippen molar-refractivity contribution in [3.8, 4) is 0 Å². The van der Waals surface area contributed by atoms with Crippen molar-refractivity contribution in [2.45, 2.75) is 45.8 Å². The molecule has 1 fully saturated rings. The van der Waals surface area contributed by atoms with Gasteiger partial charge in [0.15, 0.2) is 0 Å². The van der Waals surface area contributed by atoms with E-state index in [9.17, 15) is 0 Å². The Morgan fingerprint density at radius 2 is 1.74 bits per heavy atom. The number of aromatic nitrogens is 2. The quantitative estimate of drug-likeness (QED) is 0.797. The molecular weight excluding hydrogens is 239 g/mol. The summed E-state index contributed by atoms with van der Waals surface area (Å²) in [5.41, 5.74) is 2.61. The molecule has 2 aromatic rings. The van der Waals surface area contributed by atoms with E-state index in [1.807, 2.05) is 6.20 Å². The monoisotopic (exact) mass is 258 g/mol. The number of nitrogens with zero attached hydrogens (tertiary/aromatic N) is 1. The van der Waals surface area contributed by atoms with Crippen LogP contribution in [0.15, 0.2) is 18.3 Å². The van der Waals surface area contributed by atoms with Crippen LogP contribution in [-0.4, -0.2) is 28.5 Å². The Kier molecular flexibility index (Phi) is 2.56. The molecule has 0 atom stereocenters. The Morgan fingerprint density at radius 3 is 2.37 bits per heavy atom. The number of H-pyrrole nitrogens is 1. The maximum Gasteiger partial charge on any atom is 0.495 e. The molecule has 0 spiro atoms. The summed E-state index contributed by atoms with van der Waals surface area (Å²) in [7, 11) is -0.322. The van der Waals surface area contributed by atoms with Gasteiger partial charge in [0.2, 0.25) is 0 Å². The molecule has 1 saturated heterocycles. The van der Waals surface area contributed by atoms with Gasteiger partial charge in [0.1, 0.15) is 0 Å². The van der Waals surface area contributed by atoms with Crippen molar-refractivity contribution in [2.24, 2.45) is 0 Å². The Morgan fingerprint density at radius 1 is 1.11 bits per heavy atom. The van der Waals surface area contributed by atoms with Gasteiger partial charge in [-0.15, -0.1) is 0 Å². The summed E-state index contributed by atoms with van der Waals surface area (Å²) in [4.78, 5) is 0. The highest BCUT2D eigenvalue weighted by Gasteiger charge is 2.52. The second kappa shape index (κ2) is 3.84. The third-order valence-corrected chi connectivity index (χ3v) is 4.33. The molecule has 0 radical (unpaired) electrons. The SMILES string of the molecule is Cc1cc2cn[nH]c2cc1B1OC(C)(C)C(C)(C)O1. The minimum absolute atomic E-state index is 0.312. The van der Waals surface area contributed by atoms with E-state index in [1.54, 1.807) is 0 Å². The minimum Gasteiger partial charge on any atom is -0.399 e. The van der Waals surface area contributed by atoms with Crippen molar-refractivity contribution < 1.29 is 9.31 Å². The van der Waals surface area contributed by atoms with Gasteiger partial charge in [-0.3, -0.25) is 5.10 Å². The van der Waals surface area contributed by atoms with Crippen LogP contribution in [0, 0.1) is 6.92 Å². The van der Waals surface area contributed by atoms with Crippen LogP contribution in [0.3, 0.4) is 0 Å². The van der Waals surface area contributed by atoms with Gasteiger partial charge >= 0.3 is 7.12 Å². The van der Waals surface area contributed by atoms with Crippen molar-refractivity contribution in [2.75, 3.05) is 0 Å². The fourth-order valence-corrected chi connectivity index (χ4v) is 2.35. The van der Waals surface area contributed by atoms with Gasteiger partial charge < -0.3 is 9.31 Å². The van der Waals surface area contributed by atoms with Gasteiger partial charge in [0.25, 0.3) is 0 Å². The van der Waals surface area contributed by atoms with E-state index in [0.717, 1.165) is 21.9 Å². The highest BCUT2D eigenvalue weighted by atomic mass is 16.7. The lowest BCUT2D eigenvalue weighted by Crippen LogP contribution is -2.41. The van der Waals surface area contributed by atoms with E-state index in [1.165, 1.54) is 0 Å². The lowest BCUT2D eigenvalue weighted by molar-refractivity contribution is 0.00578. The lowest BCUT2D eigenvalue weighted by Gasteiger charge is -2.32. The smallest absolute Gasteiger partial charge is 0.399 e. The van der Waals surface area contributed by atoms with Crippen LogP contribution in [0.4, 0.5) is 0 Å². The molecule has 3 rings (SSSR count). The number of fused-ring (bicyclic) bond motifs is 1. The van der Waals surface area contributed by atoms with Crippen LogP contribution < -0.4 is 5.46 Å². The predicted octanol–water partition coefficient (Wildman–Crippen LogP) is 2.17. The first-order chi connectivity index (χ1) is 8.80. The molecule has 0 aliphatic carbocycles. The number of nitrogens with one attached hydrogen (secondary N) is 1. The zero-order valence-corrected chi connectivity index (χ0v) is 12.1. The van der Waals surface area contributed by atoms with Crippen LogP contribution in [0.1, 0.15) is 33.3 Å². The van der Waals surface area contributed by atoms with E-state index < -0.39 is 0 Å². The Labute approximate surface area is 113 Å². The second-order valence-corrected chi connectivity index (χ2v) is 6.25. The molecule has 1 aromatic carbocycles. The summed E-state index contributed by atoms with van der Waals surface area (Å²) < 4.78 is 12.2. The highest BCUT2D eigenvalue weighted by molar-refractivity contribution is 6.63. The first kappa shape index (κ1) is 12.7. The van der Waals surface area contributed by atoms with Crippen LogP contribution in [0.2, 0.25) is 0 Å².